The van der Waals surface area contributed by atoms with Gasteiger partial charge in [-0.15, -0.1) is 0 Å². The molecule has 10 N–H and O–H groups in total. The van der Waals surface area contributed by atoms with Crippen LogP contribution in [0.1, 0.15) is 0 Å². The molecule has 0 unspecified atom stereocenters. The zero-order chi connectivity index (χ0) is 8.69. The van der Waals surface area contributed by atoms with Gasteiger partial charge >= 0.3 is 100 Å². The van der Waals surface area contributed by atoms with E-state index in [0.29, 0.717) is 0 Å². The number of hydrogen-bond donors (Lipinski definition) is 0. The average Bonchev–Trinajstić information content (AvgIpc) is 1.87. The van der Waals surface area contributed by atoms with Crippen LogP contribution in [-0.4, -0.2) is 56.7 Å². The van der Waals surface area contributed by atoms with Crippen molar-refractivity contribution in [2.75, 3.05) is 0 Å². The van der Waals surface area contributed by atoms with E-state index in [9.17, 15) is 19.5 Å². The summed E-state index contributed by atoms with van der Waals surface area (Å²) in [5.74, 6) is 0. The topological polar surface area (TPSA) is 265 Å². The van der Waals surface area contributed by atoms with E-state index >= 15 is 0 Å². The van der Waals surface area contributed by atoms with E-state index in [1.807, 2.05) is 0 Å². The molecule has 0 amide bonds. The van der Waals surface area contributed by atoms with Crippen LogP contribution in [0.2, 0.25) is 0 Å². The first-order valence-electron chi connectivity index (χ1n) is 2.36. The minimum atomic E-state index is -2.27. The normalized spacial score (nSPS) is 4.56. The van der Waals surface area contributed by atoms with Crippen LogP contribution in [-0.2, 0) is 23.1 Å². The first-order chi connectivity index (χ1) is 5.20. The largest absolute Gasteiger partial charge is 1.00 e. The molecule has 18 heteroatoms. The van der Waals surface area contributed by atoms with Crippen LogP contribution >= 0.6 is 0 Å². The average molecular weight is 259 g/mol. The number of rotatable bonds is 6. The summed E-state index contributed by atoms with van der Waals surface area (Å²) in [6, 6.07) is 0. The third kappa shape index (κ3) is 36.0. The monoisotopic (exact) mass is 260 g/mol. The van der Waals surface area contributed by atoms with Crippen molar-refractivity contribution in [3.05, 3.63) is 0 Å². The molecule has 0 bridgehead atoms. The summed E-state index contributed by atoms with van der Waals surface area (Å²) in [7, 11) is -4.92. The standard InChI is InChI=1S/B4O7.2Li.5H2O/c5-1-9-3(7)11-4(8)10-2-6;;;;;;;/h;;;5*1H2/q-2;2*+1;;;;;. The van der Waals surface area contributed by atoms with Crippen molar-refractivity contribution in [3.8, 4) is 0 Å². The summed E-state index contributed by atoms with van der Waals surface area (Å²) in [5.41, 5.74) is 0. The molecule has 0 aliphatic rings. The fourth-order valence-electron chi connectivity index (χ4n) is 0.246. The first-order valence-corrected chi connectivity index (χ1v) is 2.36. The van der Waals surface area contributed by atoms with E-state index in [1.54, 1.807) is 0 Å². The molecule has 18 heavy (non-hydrogen) atoms. The van der Waals surface area contributed by atoms with Crippen LogP contribution in [0.25, 0.3) is 0 Å². The Hall–Kier alpha value is 0.335. The van der Waals surface area contributed by atoms with Crippen molar-refractivity contribution in [1.82, 2.24) is 0 Å². The Labute approximate surface area is 128 Å². The maximum absolute atomic E-state index is 10.1. The second kappa shape index (κ2) is 36.0. The zero-order valence-electron chi connectivity index (χ0n) is 9.67. The van der Waals surface area contributed by atoms with Crippen molar-refractivity contribution in [2.45, 2.75) is 0 Å². The maximum atomic E-state index is 10.1. The van der Waals surface area contributed by atoms with Gasteiger partial charge in [0.2, 0.25) is 0 Å². The van der Waals surface area contributed by atoms with Gasteiger partial charge in [0.05, 0.1) is 0 Å². The Kier molecular flexibility index (Phi) is 103. The van der Waals surface area contributed by atoms with Gasteiger partial charge < -0.3 is 27.4 Å². The van der Waals surface area contributed by atoms with Gasteiger partial charge in [0.1, 0.15) is 0 Å². The predicted molar refractivity (Wildman–Crippen MR) is 45.7 cm³/mol. The van der Waals surface area contributed by atoms with E-state index in [1.165, 1.54) is 0 Å². The third-order valence-corrected chi connectivity index (χ3v) is 0.556. The molecule has 0 rings (SSSR count). The van der Waals surface area contributed by atoms with Gasteiger partial charge in [0, 0.05) is 0 Å². The van der Waals surface area contributed by atoms with Crippen LogP contribution in [0.5, 0.6) is 0 Å². The van der Waals surface area contributed by atoms with E-state index in [2.05, 4.69) is 13.7 Å². The molecule has 96 valence electrons. The summed E-state index contributed by atoms with van der Waals surface area (Å²) >= 11 is 0. The molecule has 0 saturated heterocycles. The predicted octanol–water partition coefficient (Wildman–Crippen LogP) is -14.5. The molecular formula is H10B4Li2O12. The molecule has 0 aromatic carbocycles. The van der Waals surface area contributed by atoms with Crippen LogP contribution in [0.4, 0.5) is 0 Å². The Morgan fingerprint density at radius 1 is 0.722 bits per heavy atom. The second-order valence-corrected chi connectivity index (χ2v) is 1.18. The summed E-state index contributed by atoms with van der Waals surface area (Å²) in [5, 5.41) is 20.3. The van der Waals surface area contributed by atoms with E-state index in [-0.39, 0.29) is 79.8 Å². The van der Waals surface area contributed by atoms with E-state index in [4.69, 9.17) is 0 Å². The molecule has 12 nitrogen and oxygen atoms in total. The van der Waals surface area contributed by atoms with Crippen LogP contribution in [0.3, 0.4) is 0 Å². The van der Waals surface area contributed by atoms with Gasteiger partial charge in [-0.1, -0.05) is 0 Å². The molecule has 0 atom stereocenters. The molecular weight excluding hydrogens is 249 g/mol. The quantitative estimate of drug-likeness (QED) is 0.414. The van der Waals surface area contributed by atoms with Crippen molar-refractivity contribution in [3.63, 3.8) is 0 Å². The Morgan fingerprint density at radius 3 is 1.11 bits per heavy atom. The first kappa shape index (κ1) is 51.6. The van der Waals surface area contributed by atoms with Crippen LogP contribution in [0.15, 0.2) is 0 Å². The molecule has 0 aromatic rings. The van der Waals surface area contributed by atoms with Crippen molar-refractivity contribution in [1.29, 1.82) is 0 Å². The van der Waals surface area contributed by atoms with Crippen LogP contribution < -0.4 is 47.8 Å². The van der Waals surface area contributed by atoms with Gasteiger partial charge in [-0.2, -0.15) is 0 Å². The molecule has 0 spiro atoms. The van der Waals surface area contributed by atoms with Gasteiger partial charge in [0.15, 0.2) is 0 Å². The van der Waals surface area contributed by atoms with Crippen molar-refractivity contribution in [2.24, 2.45) is 0 Å². The van der Waals surface area contributed by atoms with Crippen LogP contribution in [0, 0.1) is 0 Å². The maximum Gasteiger partial charge on any atom is 1.00 e. The van der Waals surface area contributed by atoms with Crippen molar-refractivity contribution >= 4 is 29.3 Å². The third-order valence-electron chi connectivity index (χ3n) is 0.556. The molecule has 0 fully saturated rings. The summed E-state index contributed by atoms with van der Waals surface area (Å²) in [6.07, 6.45) is 0. The molecule has 0 radical (unpaired) electrons. The SMILES string of the molecule is O.O.O.O.O.O=BOB([O-])OB([O-])OB=O.[Li+].[Li+]. The minimum Gasteiger partial charge on any atom is 1.00 e. The summed E-state index contributed by atoms with van der Waals surface area (Å²) in [4.78, 5) is 0. The Bertz CT molecular complexity index is 121. The Morgan fingerprint density at radius 2 is 0.944 bits per heavy atom. The minimum absolute atomic E-state index is 0. The smallest absolute Gasteiger partial charge is 1.00 e. The van der Waals surface area contributed by atoms with E-state index in [0.717, 1.165) is 0 Å². The fraction of sp³-hybridized carbons (Fsp3) is 0. The van der Waals surface area contributed by atoms with Gasteiger partial charge in [-0.25, -0.2) is 0 Å². The van der Waals surface area contributed by atoms with E-state index < -0.39 is 14.6 Å². The Balaban J connectivity index is -0.0000000238. The molecule has 0 saturated carbocycles. The summed E-state index contributed by atoms with van der Waals surface area (Å²) in [6.45, 7) is 0. The van der Waals surface area contributed by atoms with Crippen molar-refractivity contribution < 1.29 is 98.3 Å². The second-order valence-electron chi connectivity index (χ2n) is 1.18. The zero-order valence-corrected chi connectivity index (χ0v) is 9.67. The fourth-order valence-corrected chi connectivity index (χ4v) is 0.246. The molecule has 0 aliphatic heterocycles. The summed E-state index contributed by atoms with van der Waals surface area (Å²) < 4.78 is 29.8. The molecule has 0 aliphatic carbocycles. The van der Waals surface area contributed by atoms with Gasteiger partial charge in [-0.05, 0) is 0 Å². The molecule has 0 aromatic heterocycles. The number of hydrogen-bond acceptors (Lipinski definition) is 7. The van der Waals surface area contributed by atoms with Gasteiger partial charge in [-0.3, -0.25) is 0 Å². The van der Waals surface area contributed by atoms with Gasteiger partial charge in [0.25, 0.3) is 0 Å². The molecule has 0 heterocycles.